The van der Waals surface area contributed by atoms with Crippen LogP contribution in [0.25, 0.3) is 0 Å². The molecule has 27 heavy (non-hydrogen) atoms. The number of nitrogens with one attached hydrogen (secondary N) is 2. The maximum atomic E-state index is 5.18. The molecule has 1 heterocycles. The van der Waals surface area contributed by atoms with Crippen LogP contribution in [0.5, 0.6) is 5.75 Å². The van der Waals surface area contributed by atoms with Gasteiger partial charge in [0.05, 0.1) is 7.11 Å². The molecule has 0 atom stereocenters. The van der Waals surface area contributed by atoms with Crippen molar-refractivity contribution < 1.29 is 4.74 Å². The minimum absolute atomic E-state index is 0.720. The highest BCUT2D eigenvalue weighted by atomic mass is 16.5. The molecule has 0 unspecified atom stereocenters. The summed E-state index contributed by atoms with van der Waals surface area (Å²) in [5.74, 6) is 2.27. The lowest BCUT2D eigenvalue weighted by molar-refractivity contribution is 0.415. The Kier molecular flexibility index (Phi) is 6.10. The monoisotopic (exact) mass is 363 g/mol. The largest absolute Gasteiger partial charge is 0.497 e. The number of anilines is 5. The van der Waals surface area contributed by atoms with E-state index >= 15 is 0 Å². The van der Waals surface area contributed by atoms with Gasteiger partial charge in [-0.1, -0.05) is 0 Å². The molecule has 0 amide bonds. The first-order valence-electron chi connectivity index (χ1n) is 9.07. The molecular formula is C21H25N5O. The zero-order chi connectivity index (χ0) is 19.1. The first kappa shape index (κ1) is 18.5. The predicted octanol–water partition coefficient (Wildman–Crippen LogP) is 4.82. The minimum atomic E-state index is 0.720. The molecule has 0 aliphatic heterocycles. The van der Waals surface area contributed by atoms with Gasteiger partial charge >= 0.3 is 0 Å². The van der Waals surface area contributed by atoms with E-state index in [9.17, 15) is 0 Å². The highest BCUT2D eigenvalue weighted by Crippen LogP contribution is 2.23. The Morgan fingerprint density at radius 2 is 1.33 bits per heavy atom. The molecule has 2 aromatic carbocycles. The van der Waals surface area contributed by atoms with E-state index in [-0.39, 0.29) is 0 Å². The van der Waals surface area contributed by atoms with E-state index in [0.29, 0.717) is 0 Å². The number of hydrogen-bond acceptors (Lipinski definition) is 6. The van der Waals surface area contributed by atoms with Crippen LogP contribution in [0.4, 0.5) is 28.7 Å². The number of nitrogens with zero attached hydrogens (tertiary/aromatic N) is 3. The van der Waals surface area contributed by atoms with Crippen molar-refractivity contribution >= 4 is 28.7 Å². The summed E-state index contributed by atoms with van der Waals surface area (Å²) in [6.07, 6.45) is 1.54. The van der Waals surface area contributed by atoms with Crippen LogP contribution in [0.2, 0.25) is 0 Å². The van der Waals surface area contributed by atoms with Crippen molar-refractivity contribution in [3.05, 3.63) is 60.9 Å². The summed E-state index contributed by atoms with van der Waals surface area (Å²) in [5, 5.41) is 6.59. The minimum Gasteiger partial charge on any atom is -0.497 e. The van der Waals surface area contributed by atoms with Gasteiger partial charge in [-0.3, -0.25) is 0 Å². The number of benzene rings is 2. The topological polar surface area (TPSA) is 62.3 Å². The summed E-state index contributed by atoms with van der Waals surface area (Å²) in [7, 11) is 1.65. The van der Waals surface area contributed by atoms with Crippen LogP contribution < -0.4 is 20.3 Å². The SMILES string of the molecule is CCN(CC)c1ccc(Nc2cc(Nc3ccc(OC)cc3)ncn2)cc1. The highest BCUT2D eigenvalue weighted by Gasteiger charge is 2.04. The average molecular weight is 363 g/mol. The second-order valence-corrected chi connectivity index (χ2v) is 5.99. The maximum Gasteiger partial charge on any atom is 0.135 e. The van der Waals surface area contributed by atoms with Gasteiger partial charge in [0.2, 0.25) is 0 Å². The van der Waals surface area contributed by atoms with Crippen LogP contribution in [0.1, 0.15) is 13.8 Å². The van der Waals surface area contributed by atoms with E-state index in [0.717, 1.165) is 41.8 Å². The summed E-state index contributed by atoms with van der Waals surface area (Å²) in [5.41, 5.74) is 3.14. The molecule has 0 fully saturated rings. The Morgan fingerprint density at radius 3 is 1.81 bits per heavy atom. The van der Waals surface area contributed by atoms with Gasteiger partial charge in [0, 0.05) is 36.2 Å². The van der Waals surface area contributed by atoms with E-state index < -0.39 is 0 Å². The van der Waals surface area contributed by atoms with Crippen LogP contribution in [-0.2, 0) is 0 Å². The highest BCUT2D eigenvalue weighted by molar-refractivity contribution is 5.64. The standard InChI is InChI=1S/C21H25N5O/c1-4-26(5-2)18-10-6-16(7-11-18)24-20-14-21(23-15-22-20)25-17-8-12-19(27-3)13-9-17/h6-15H,4-5H2,1-3H3,(H2,22,23,24,25). The van der Waals surface area contributed by atoms with Gasteiger partial charge in [-0.15, -0.1) is 0 Å². The Bertz CT molecular complexity index is 845. The fourth-order valence-electron chi connectivity index (χ4n) is 2.81. The molecule has 0 aliphatic rings. The third kappa shape index (κ3) is 4.88. The normalized spacial score (nSPS) is 10.3. The van der Waals surface area contributed by atoms with Gasteiger partial charge < -0.3 is 20.3 Å². The smallest absolute Gasteiger partial charge is 0.135 e. The molecule has 1 aromatic heterocycles. The quantitative estimate of drug-likeness (QED) is 0.598. The molecule has 0 saturated carbocycles. The third-order valence-corrected chi connectivity index (χ3v) is 4.30. The Hall–Kier alpha value is -3.28. The average Bonchev–Trinajstić information content (AvgIpc) is 2.71. The lowest BCUT2D eigenvalue weighted by Gasteiger charge is -2.21. The molecule has 3 aromatic rings. The van der Waals surface area contributed by atoms with Crippen molar-refractivity contribution in [2.24, 2.45) is 0 Å². The molecule has 0 radical (unpaired) electrons. The van der Waals surface area contributed by atoms with Crippen molar-refractivity contribution in [3.8, 4) is 5.75 Å². The van der Waals surface area contributed by atoms with Crippen molar-refractivity contribution in [3.63, 3.8) is 0 Å². The number of methoxy groups -OCH3 is 1. The molecule has 6 heteroatoms. The third-order valence-electron chi connectivity index (χ3n) is 4.30. The fraction of sp³-hybridized carbons (Fsp3) is 0.238. The molecule has 3 rings (SSSR count). The molecule has 6 nitrogen and oxygen atoms in total. The number of aromatic nitrogens is 2. The Labute approximate surface area is 160 Å². The summed E-state index contributed by atoms with van der Waals surface area (Å²) >= 11 is 0. The van der Waals surface area contributed by atoms with Crippen LogP contribution in [0.15, 0.2) is 60.9 Å². The van der Waals surface area contributed by atoms with Crippen molar-refractivity contribution in [1.82, 2.24) is 9.97 Å². The molecule has 0 bridgehead atoms. The first-order chi connectivity index (χ1) is 13.2. The second-order valence-electron chi connectivity index (χ2n) is 5.99. The van der Waals surface area contributed by atoms with Crippen molar-refractivity contribution in [1.29, 1.82) is 0 Å². The van der Waals surface area contributed by atoms with Gasteiger partial charge in [-0.2, -0.15) is 0 Å². The number of hydrogen-bond donors (Lipinski definition) is 2. The van der Waals surface area contributed by atoms with Crippen molar-refractivity contribution in [2.75, 3.05) is 35.7 Å². The molecule has 0 aliphatic carbocycles. The lowest BCUT2D eigenvalue weighted by atomic mass is 10.2. The van der Waals surface area contributed by atoms with Crippen LogP contribution >= 0.6 is 0 Å². The van der Waals surface area contributed by atoms with Gasteiger partial charge in [-0.25, -0.2) is 9.97 Å². The van der Waals surface area contributed by atoms with E-state index in [4.69, 9.17) is 4.74 Å². The second kappa shape index (κ2) is 8.89. The fourth-order valence-corrected chi connectivity index (χ4v) is 2.81. The summed E-state index contributed by atoms with van der Waals surface area (Å²) in [4.78, 5) is 10.9. The summed E-state index contributed by atoms with van der Waals surface area (Å²) in [6.45, 7) is 6.31. The zero-order valence-corrected chi connectivity index (χ0v) is 15.9. The molecule has 140 valence electrons. The van der Waals surface area contributed by atoms with Gasteiger partial charge in [0.15, 0.2) is 0 Å². The zero-order valence-electron chi connectivity index (χ0n) is 15.9. The van der Waals surface area contributed by atoms with Crippen molar-refractivity contribution in [2.45, 2.75) is 13.8 Å². The molecule has 2 N–H and O–H groups in total. The molecular weight excluding hydrogens is 338 g/mol. The van der Waals surface area contributed by atoms with Crippen LogP contribution in [0, 0.1) is 0 Å². The van der Waals surface area contributed by atoms with Gasteiger partial charge in [-0.05, 0) is 62.4 Å². The van der Waals surface area contributed by atoms with E-state index in [1.807, 2.05) is 30.3 Å². The van der Waals surface area contributed by atoms with Crippen LogP contribution in [-0.4, -0.2) is 30.2 Å². The maximum absolute atomic E-state index is 5.18. The van der Waals surface area contributed by atoms with Gasteiger partial charge in [0.25, 0.3) is 0 Å². The van der Waals surface area contributed by atoms with E-state index in [1.54, 1.807) is 13.4 Å². The first-order valence-corrected chi connectivity index (χ1v) is 9.07. The lowest BCUT2D eigenvalue weighted by Crippen LogP contribution is -2.21. The Balaban J connectivity index is 1.68. The number of rotatable bonds is 8. The Morgan fingerprint density at radius 1 is 0.815 bits per heavy atom. The predicted molar refractivity (Wildman–Crippen MR) is 112 cm³/mol. The molecule has 0 spiro atoms. The summed E-state index contributed by atoms with van der Waals surface area (Å²) < 4.78 is 5.18. The van der Waals surface area contributed by atoms with Crippen LogP contribution in [0.3, 0.4) is 0 Å². The number of ether oxygens (including phenoxy) is 1. The van der Waals surface area contributed by atoms with Gasteiger partial charge in [0.1, 0.15) is 23.7 Å². The molecule has 0 saturated heterocycles. The van der Waals surface area contributed by atoms with E-state index in [2.05, 4.69) is 63.6 Å². The summed E-state index contributed by atoms with van der Waals surface area (Å²) in [6, 6.07) is 17.9. The van der Waals surface area contributed by atoms with E-state index in [1.165, 1.54) is 5.69 Å².